The first-order chi connectivity index (χ1) is 14.7. The van der Waals surface area contributed by atoms with Crippen LogP contribution in [-0.2, 0) is 13.0 Å². The minimum Gasteiger partial charge on any atom is -0.493 e. The zero-order chi connectivity index (χ0) is 21.2. The molecule has 2 aromatic rings. The van der Waals surface area contributed by atoms with E-state index in [1.807, 2.05) is 18.2 Å². The summed E-state index contributed by atoms with van der Waals surface area (Å²) in [5, 5.41) is 12.4. The summed E-state index contributed by atoms with van der Waals surface area (Å²) in [5.74, 6) is 2.91. The van der Waals surface area contributed by atoms with Gasteiger partial charge in [0.25, 0.3) is 0 Å². The Labute approximate surface area is 179 Å². The number of hydrogen-bond donors (Lipinski definition) is 2. The molecular weight excluding hydrogens is 378 g/mol. The SMILES string of the molecule is CCNC(=NCc1ccc(OCCO)c(OC)c1)N1CCC(Cc2ccccc2)C1. The summed E-state index contributed by atoms with van der Waals surface area (Å²) >= 11 is 0. The first kappa shape index (κ1) is 22.0. The molecule has 1 unspecified atom stereocenters. The molecule has 3 rings (SSSR count). The average molecular weight is 412 g/mol. The number of guanidine groups is 1. The molecule has 0 saturated carbocycles. The van der Waals surface area contributed by atoms with Gasteiger partial charge in [-0.1, -0.05) is 36.4 Å². The number of nitrogens with one attached hydrogen (secondary N) is 1. The molecule has 0 radical (unpaired) electrons. The molecule has 2 N–H and O–H groups in total. The van der Waals surface area contributed by atoms with Gasteiger partial charge in [0.1, 0.15) is 6.61 Å². The van der Waals surface area contributed by atoms with Gasteiger partial charge in [-0.2, -0.15) is 0 Å². The number of nitrogens with zero attached hydrogens (tertiary/aromatic N) is 2. The van der Waals surface area contributed by atoms with E-state index in [4.69, 9.17) is 19.6 Å². The molecular formula is C24H33N3O3. The molecule has 0 bridgehead atoms. The highest BCUT2D eigenvalue weighted by molar-refractivity contribution is 5.80. The lowest BCUT2D eigenvalue weighted by Gasteiger charge is -2.22. The van der Waals surface area contributed by atoms with E-state index < -0.39 is 0 Å². The highest BCUT2D eigenvalue weighted by atomic mass is 16.5. The van der Waals surface area contributed by atoms with Crippen molar-refractivity contribution >= 4 is 5.96 Å². The van der Waals surface area contributed by atoms with E-state index >= 15 is 0 Å². The van der Waals surface area contributed by atoms with E-state index in [1.165, 1.54) is 12.0 Å². The number of benzene rings is 2. The molecule has 1 saturated heterocycles. The van der Waals surface area contributed by atoms with E-state index in [2.05, 4.69) is 47.5 Å². The molecule has 2 aromatic carbocycles. The normalized spacial score (nSPS) is 16.6. The standard InChI is InChI=1S/C24H33N3O3/c1-3-25-24(27-12-11-21(18-27)15-19-7-5-4-6-8-19)26-17-20-9-10-22(30-14-13-28)23(16-20)29-2/h4-10,16,21,28H,3,11-15,17-18H2,1-2H3,(H,25,26). The summed E-state index contributed by atoms with van der Waals surface area (Å²) in [5.41, 5.74) is 2.46. The van der Waals surface area contributed by atoms with Gasteiger partial charge < -0.3 is 24.8 Å². The maximum Gasteiger partial charge on any atom is 0.194 e. The van der Waals surface area contributed by atoms with Crippen LogP contribution in [0, 0.1) is 5.92 Å². The van der Waals surface area contributed by atoms with Crippen molar-refractivity contribution in [2.24, 2.45) is 10.9 Å². The number of aliphatic hydroxyl groups is 1. The maximum atomic E-state index is 8.95. The summed E-state index contributed by atoms with van der Waals surface area (Å²) in [7, 11) is 1.62. The Balaban J connectivity index is 1.63. The summed E-state index contributed by atoms with van der Waals surface area (Å²) in [6, 6.07) is 16.5. The molecule has 1 aliphatic heterocycles. The van der Waals surface area contributed by atoms with Gasteiger partial charge in [0.2, 0.25) is 0 Å². The first-order valence-corrected chi connectivity index (χ1v) is 10.7. The molecule has 0 spiro atoms. The second-order valence-corrected chi connectivity index (χ2v) is 7.52. The van der Waals surface area contributed by atoms with E-state index in [0.29, 0.717) is 24.0 Å². The van der Waals surface area contributed by atoms with E-state index in [-0.39, 0.29) is 13.2 Å². The highest BCUT2D eigenvalue weighted by Crippen LogP contribution is 2.28. The molecule has 6 heteroatoms. The Hall–Kier alpha value is -2.73. The maximum absolute atomic E-state index is 8.95. The highest BCUT2D eigenvalue weighted by Gasteiger charge is 2.25. The molecule has 1 aliphatic rings. The number of rotatable bonds is 9. The lowest BCUT2D eigenvalue weighted by atomic mass is 9.99. The Morgan fingerprint density at radius 2 is 2.00 bits per heavy atom. The number of methoxy groups -OCH3 is 1. The van der Waals surface area contributed by atoms with Crippen molar-refractivity contribution in [2.45, 2.75) is 26.3 Å². The number of aliphatic hydroxyl groups excluding tert-OH is 1. The van der Waals surface area contributed by atoms with Crippen LogP contribution in [0.3, 0.4) is 0 Å². The Kier molecular flexibility index (Phi) is 8.39. The van der Waals surface area contributed by atoms with Gasteiger partial charge in [0.05, 0.1) is 20.3 Å². The van der Waals surface area contributed by atoms with E-state index in [0.717, 1.165) is 37.6 Å². The summed E-state index contributed by atoms with van der Waals surface area (Å²) in [4.78, 5) is 7.24. The third-order valence-corrected chi connectivity index (χ3v) is 5.28. The van der Waals surface area contributed by atoms with Crippen LogP contribution >= 0.6 is 0 Å². The minimum absolute atomic E-state index is 0.0254. The third-order valence-electron chi connectivity index (χ3n) is 5.28. The Bertz CT molecular complexity index is 811. The number of aliphatic imine (C=N–C) groups is 1. The van der Waals surface area contributed by atoms with Gasteiger partial charge in [-0.15, -0.1) is 0 Å². The zero-order valence-electron chi connectivity index (χ0n) is 18.0. The lowest BCUT2D eigenvalue weighted by Crippen LogP contribution is -2.40. The summed E-state index contributed by atoms with van der Waals surface area (Å²) in [6.07, 6.45) is 2.30. The molecule has 6 nitrogen and oxygen atoms in total. The quantitative estimate of drug-likeness (QED) is 0.490. The van der Waals surface area contributed by atoms with Crippen LogP contribution in [-0.4, -0.2) is 55.9 Å². The van der Waals surface area contributed by atoms with Crippen molar-refractivity contribution in [3.8, 4) is 11.5 Å². The molecule has 0 amide bonds. The van der Waals surface area contributed by atoms with Crippen LogP contribution in [0.25, 0.3) is 0 Å². The van der Waals surface area contributed by atoms with Crippen molar-refractivity contribution in [3.05, 3.63) is 59.7 Å². The van der Waals surface area contributed by atoms with Gasteiger partial charge in [0, 0.05) is 19.6 Å². The predicted octanol–water partition coefficient (Wildman–Crippen LogP) is 3.10. The topological polar surface area (TPSA) is 66.3 Å². The first-order valence-electron chi connectivity index (χ1n) is 10.7. The second-order valence-electron chi connectivity index (χ2n) is 7.52. The van der Waals surface area contributed by atoms with Crippen molar-refractivity contribution in [2.75, 3.05) is 40.0 Å². The Morgan fingerprint density at radius 3 is 2.73 bits per heavy atom. The van der Waals surface area contributed by atoms with Gasteiger partial charge >= 0.3 is 0 Å². The molecule has 0 aromatic heterocycles. The fraction of sp³-hybridized carbons (Fsp3) is 0.458. The van der Waals surface area contributed by atoms with E-state index in [9.17, 15) is 0 Å². The summed E-state index contributed by atoms with van der Waals surface area (Å²) < 4.78 is 10.9. The molecule has 30 heavy (non-hydrogen) atoms. The third kappa shape index (κ3) is 6.13. The largest absolute Gasteiger partial charge is 0.493 e. The number of likely N-dealkylation sites (tertiary alicyclic amines) is 1. The van der Waals surface area contributed by atoms with Gasteiger partial charge in [-0.3, -0.25) is 0 Å². The Morgan fingerprint density at radius 1 is 1.17 bits per heavy atom. The number of hydrogen-bond acceptors (Lipinski definition) is 4. The van der Waals surface area contributed by atoms with Gasteiger partial charge in [0.15, 0.2) is 17.5 Å². The monoisotopic (exact) mass is 411 g/mol. The number of ether oxygens (including phenoxy) is 2. The minimum atomic E-state index is -0.0254. The second kappa shape index (κ2) is 11.5. The van der Waals surface area contributed by atoms with Crippen molar-refractivity contribution in [1.82, 2.24) is 10.2 Å². The molecule has 162 valence electrons. The predicted molar refractivity (Wildman–Crippen MR) is 120 cm³/mol. The van der Waals surface area contributed by atoms with Crippen molar-refractivity contribution < 1.29 is 14.6 Å². The van der Waals surface area contributed by atoms with Crippen LogP contribution < -0.4 is 14.8 Å². The van der Waals surface area contributed by atoms with Gasteiger partial charge in [-0.05, 0) is 48.9 Å². The molecule has 1 heterocycles. The lowest BCUT2D eigenvalue weighted by molar-refractivity contribution is 0.196. The smallest absolute Gasteiger partial charge is 0.194 e. The van der Waals surface area contributed by atoms with Crippen LogP contribution in [0.1, 0.15) is 24.5 Å². The molecule has 1 atom stereocenters. The molecule has 0 aliphatic carbocycles. The summed E-state index contributed by atoms with van der Waals surface area (Å²) in [6.45, 7) is 5.79. The van der Waals surface area contributed by atoms with Gasteiger partial charge in [-0.25, -0.2) is 4.99 Å². The van der Waals surface area contributed by atoms with Crippen LogP contribution in [0.5, 0.6) is 11.5 Å². The van der Waals surface area contributed by atoms with Crippen LogP contribution in [0.2, 0.25) is 0 Å². The van der Waals surface area contributed by atoms with Crippen molar-refractivity contribution in [3.63, 3.8) is 0 Å². The van der Waals surface area contributed by atoms with E-state index in [1.54, 1.807) is 7.11 Å². The van der Waals surface area contributed by atoms with Crippen LogP contribution in [0.15, 0.2) is 53.5 Å². The molecule has 1 fully saturated rings. The fourth-order valence-corrected chi connectivity index (χ4v) is 3.82. The van der Waals surface area contributed by atoms with Crippen molar-refractivity contribution in [1.29, 1.82) is 0 Å². The fourth-order valence-electron chi connectivity index (χ4n) is 3.82. The zero-order valence-corrected chi connectivity index (χ0v) is 18.0. The van der Waals surface area contributed by atoms with Crippen LogP contribution in [0.4, 0.5) is 0 Å². The average Bonchev–Trinajstić information content (AvgIpc) is 3.24.